The maximum absolute atomic E-state index is 13.9. The van der Waals surface area contributed by atoms with E-state index in [1.807, 2.05) is 38.2 Å². The van der Waals surface area contributed by atoms with Crippen LogP contribution >= 0.6 is 0 Å². The first kappa shape index (κ1) is 17.1. The molecule has 0 aliphatic rings. The third-order valence-corrected chi connectivity index (χ3v) is 4.48. The lowest BCUT2D eigenvalue weighted by molar-refractivity contribution is -0.924. The lowest BCUT2D eigenvalue weighted by Gasteiger charge is -2.21. The van der Waals surface area contributed by atoms with E-state index in [1.54, 1.807) is 12.1 Å². The molecule has 0 bridgehead atoms. The fourth-order valence-electron chi connectivity index (χ4n) is 2.84. The number of nitrogens with one attached hydrogen (secondary N) is 2. The Morgan fingerprint density at radius 3 is 2.76 bits per heavy atom. The highest BCUT2D eigenvalue weighted by Crippen LogP contribution is 2.17. The van der Waals surface area contributed by atoms with Gasteiger partial charge in [0.25, 0.3) is 5.56 Å². The summed E-state index contributed by atoms with van der Waals surface area (Å²) in [4.78, 5) is 20.8. The highest BCUT2D eigenvalue weighted by Gasteiger charge is 2.20. The van der Waals surface area contributed by atoms with Crippen molar-refractivity contribution in [2.24, 2.45) is 0 Å². The smallest absolute Gasteiger partial charge is 0.258 e. The van der Waals surface area contributed by atoms with Gasteiger partial charge < -0.3 is 14.6 Å². The molecule has 0 aliphatic carbocycles. The molecular formula is C19H21FN3O2+. The van der Waals surface area contributed by atoms with Crippen molar-refractivity contribution in [3.8, 4) is 5.75 Å². The zero-order valence-corrected chi connectivity index (χ0v) is 14.5. The molecule has 5 nitrogen and oxygen atoms in total. The number of methoxy groups -OCH3 is 1. The third-order valence-electron chi connectivity index (χ3n) is 4.48. The van der Waals surface area contributed by atoms with Crippen molar-refractivity contribution in [2.75, 3.05) is 14.2 Å². The van der Waals surface area contributed by atoms with Gasteiger partial charge in [0.15, 0.2) is 17.4 Å². The van der Waals surface area contributed by atoms with Crippen LogP contribution in [0, 0.1) is 5.82 Å². The Bertz CT molecular complexity index is 955. The summed E-state index contributed by atoms with van der Waals surface area (Å²) < 4.78 is 18.8. The van der Waals surface area contributed by atoms with E-state index in [4.69, 9.17) is 4.74 Å². The van der Waals surface area contributed by atoms with E-state index in [9.17, 15) is 9.18 Å². The first-order valence-electron chi connectivity index (χ1n) is 8.13. The predicted octanol–water partition coefficient (Wildman–Crippen LogP) is 1.85. The van der Waals surface area contributed by atoms with Crippen LogP contribution in [0.3, 0.4) is 0 Å². The van der Waals surface area contributed by atoms with E-state index in [2.05, 4.69) is 9.97 Å². The quantitative estimate of drug-likeness (QED) is 0.744. The Balaban J connectivity index is 1.84. The van der Waals surface area contributed by atoms with Gasteiger partial charge in [-0.3, -0.25) is 4.79 Å². The summed E-state index contributed by atoms with van der Waals surface area (Å²) in [7, 11) is 3.43. The van der Waals surface area contributed by atoms with Crippen LogP contribution in [0.15, 0.2) is 47.3 Å². The summed E-state index contributed by atoms with van der Waals surface area (Å²) in [6.45, 7) is 2.58. The minimum Gasteiger partial charge on any atom is -0.494 e. The average Bonchev–Trinajstić information content (AvgIpc) is 2.61. The molecule has 25 heavy (non-hydrogen) atoms. The van der Waals surface area contributed by atoms with Crippen LogP contribution in [0.25, 0.3) is 10.9 Å². The molecule has 1 unspecified atom stereocenters. The first-order valence-corrected chi connectivity index (χ1v) is 8.13. The van der Waals surface area contributed by atoms with E-state index >= 15 is 0 Å². The van der Waals surface area contributed by atoms with Crippen molar-refractivity contribution in [1.29, 1.82) is 0 Å². The maximum Gasteiger partial charge on any atom is 0.258 e. The SMILES string of the molecule is COc1ccc(C[NH+](C)[C@@H](C)c2nc3ccccc3c(=O)[nH]2)cc1F. The molecule has 2 aromatic carbocycles. The molecule has 2 N–H and O–H groups in total. The average molecular weight is 342 g/mol. The van der Waals surface area contributed by atoms with Gasteiger partial charge in [-0.15, -0.1) is 0 Å². The summed E-state index contributed by atoms with van der Waals surface area (Å²) >= 11 is 0. The van der Waals surface area contributed by atoms with Gasteiger partial charge in [0, 0.05) is 5.56 Å². The summed E-state index contributed by atoms with van der Waals surface area (Å²) in [6, 6.07) is 12.2. The molecule has 1 aromatic heterocycles. The van der Waals surface area contributed by atoms with E-state index in [1.165, 1.54) is 13.2 Å². The van der Waals surface area contributed by atoms with Crippen molar-refractivity contribution < 1.29 is 14.0 Å². The molecule has 0 saturated heterocycles. The predicted molar refractivity (Wildman–Crippen MR) is 94.3 cm³/mol. The van der Waals surface area contributed by atoms with Crippen LogP contribution in [-0.4, -0.2) is 24.1 Å². The third kappa shape index (κ3) is 3.53. The van der Waals surface area contributed by atoms with Gasteiger partial charge in [-0.2, -0.15) is 0 Å². The lowest BCUT2D eigenvalue weighted by Crippen LogP contribution is -3.07. The number of para-hydroxylation sites is 1. The normalized spacial score (nSPS) is 13.6. The van der Waals surface area contributed by atoms with Gasteiger partial charge in [0.2, 0.25) is 0 Å². The molecule has 0 spiro atoms. The molecule has 130 valence electrons. The van der Waals surface area contributed by atoms with Gasteiger partial charge in [-0.05, 0) is 37.3 Å². The van der Waals surface area contributed by atoms with Gasteiger partial charge in [0.05, 0.1) is 25.1 Å². The molecule has 1 heterocycles. The molecule has 0 amide bonds. The standard InChI is InChI=1S/C19H20FN3O2/c1-12(18-21-16-7-5-4-6-14(16)19(24)22-18)23(2)11-13-8-9-17(25-3)15(20)10-13/h4-10,12H,11H2,1-3H3,(H,21,22,24)/p+1/t12-/m0/s1. The Kier molecular flexibility index (Phi) is 4.81. The van der Waals surface area contributed by atoms with Crippen LogP contribution in [-0.2, 0) is 6.54 Å². The Labute approximate surface area is 145 Å². The molecule has 0 aliphatic heterocycles. The van der Waals surface area contributed by atoms with Crippen LogP contribution in [0.1, 0.15) is 24.4 Å². The lowest BCUT2D eigenvalue weighted by atomic mass is 10.1. The minimum absolute atomic E-state index is 0.0533. The number of quaternary nitrogens is 1. The van der Waals surface area contributed by atoms with Gasteiger partial charge in [-0.1, -0.05) is 12.1 Å². The highest BCUT2D eigenvalue weighted by atomic mass is 19.1. The molecule has 2 atom stereocenters. The van der Waals surface area contributed by atoms with Crippen LogP contribution in [0.4, 0.5) is 4.39 Å². The number of aromatic amines is 1. The molecule has 0 saturated carbocycles. The molecule has 3 rings (SSSR count). The van der Waals surface area contributed by atoms with E-state index in [0.29, 0.717) is 23.3 Å². The monoisotopic (exact) mass is 342 g/mol. The van der Waals surface area contributed by atoms with Crippen molar-refractivity contribution in [2.45, 2.75) is 19.5 Å². The number of hydrogen-bond acceptors (Lipinski definition) is 3. The number of halogens is 1. The van der Waals surface area contributed by atoms with Crippen LogP contribution in [0.2, 0.25) is 0 Å². The largest absolute Gasteiger partial charge is 0.494 e. The topological polar surface area (TPSA) is 59.4 Å². The Hall–Kier alpha value is -2.73. The second-order valence-electron chi connectivity index (χ2n) is 6.18. The van der Waals surface area contributed by atoms with Crippen molar-refractivity contribution in [3.05, 3.63) is 70.0 Å². The summed E-state index contributed by atoms with van der Waals surface area (Å²) in [6.07, 6.45) is 0. The fourth-order valence-corrected chi connectivity index (χ4v) is 2.84. The summed E-state index contributed by atoms with van der Waals surface area (Å²) in [5, 5.41) is 0.577. The summed E-state index contributed by atoms with van der Waals surface area (Å²) in [5.41, 5.74) is 1.39. The van der Waals surface area contributed by atoms with Crippen LogP contribution in [0.5, 0.6) is 5.75 Å². The maximum atomic E-state index is 13.9. The Morgan fingerprint density at radius 2 is 2.04 bits per heavy atom. The van der Waals surface area contributed by atoms with Crippen molar-refractivity contribution in [3.63, 3.8) is 0 Å². The number of ether oxygens (including phenoxy) is 1. The zero-order chi connectivity index (χ0) is 18.0. The van der Waals surface area contributed by atoms with E-state index in [0.717, 1.165) is 10.5 Å². The van der Waals surface area contributed by atoms with Crippen LogP contribution < -0.4 is 15.2 Å². The number of rotatable bonds is 5. The fraction of sp³-hybridized carbons (Fsp3) is 0.263. The van der Waals surface area contributed by atoms with Gasteiger partial charge in [-0.25, -0.2) is 9.37 Å². The second-order valence-corrected chi connectivity index (χ2v) is 6.18. The number of fused-ring (bicyclic) bond motifs is 1. The van der Waals surface area contributed by atoms with Gasteiger partial charge >= 0.3 is 0 Å². The Morgan fingerprint density at radius 1 is 1.28 bits per heavy atom. The molecule has 3 aromatic rings. The number of hydrogen-bond donors (Lipinski definition) is 2. The summed E-state index contributed by atoms with van der Waals surface area (Å²) in [5.74, 6) is 0.475. The van der Waals surface area contributed by atoms with Crippen molar-refractivity contribution in [1.82, 2.24) is 9.97 Å². The van der Waals surface area contributed by atoms with Gasteiger partial charge in [0.1, 0.15) is 12.6 Å². The zero-order valence-electron chi connectivity index (χ0n) is 14.5. The highest BCUT2D eigenvalue weighted by molar-refractivity contribution is 5.77. The number of H-pyrrole nitrogens is 1. The second kappa shape index (κ2) is 7.03. The number of aromatic nitrogens is 2. The van der Waals surface area contributed by atoms with E-state index in [-0.39, 0.29) is 23.2 Å². The minimum atomic E-state index is -0.377. The first-order chi connectivity index (χ1) is 12.0. The number of nitrogens with zero attached hydrogens (tertiary/aromatic N) is 1. The molecular weight excluding hydrogens is 321 g/mol. The molecule has 6 heteroatoms. The van der Waals surface area contributed by atoms with Crippen molar-refractivity contribution >= 4 is 10.9 Å². The number of benzene rings is 2. The molecule has 0 radical (unpaired) electrons. The van der Waals surface area contributed by atoms with E-state index < -0.39 is 0 Å². The molecule has 0 fully saturated rings.